The molecule has 0 radical (unpaired) electrons. The van der Waals surface area contributed by atoms with Crippen molar-refractivity contribution in [2.75, 3.05) is 5.73 Å². The number of fused-ring (bicyclic) bond motifs is 1. The molecule has 0 aliphatic heterocycles. The maximum Gasteiger partial charge on any atom is 0.306 e. The van der Waals surface area contributed by atoms with Gasteiger partial charge in [-0.15, -0.1) is 0 Å². The largest absolute Gasteiger partial charge is 0.457 e. The molecule has 0 amide bonds. The number of benzene rings is 1. The lowest BCUT2D eigenvalue weighted by atomic mass is 9.49. The third-order valence-electron chi connectivity index (χ3n) is 6.67. The van der Waals surface area contributed by atoms with Crippen molar-refractivity contribution in [2.45, 2.75) is 55.9 Å². The van der Waals surface area contributed by atoms with Gasteiger partial charge >= 0.3 is 5.97 Å². The molecular weight excluding hydrogens is 406 g/mol. The van der Waals surface area contributed by atoms with Crippen LogP contribution < -0.4 is 5.73 Å². The highest BCUT2D eigenvalue weighted by molar-refractivity contribution is 9.10. The lowest BCUT2D eigenvalue weighted by Gasteiger charge is -2.60. The minimum Gasteiger partial charge on any atom is -0.457 e. The van der Waals surface area contributed by atoms with Crippen molar-refractivity contribution < 1.29 is 9.53 Å². The molecule has 5 nitrogen and oxygen atoms in total. The summed E-state index contributed by atoms with van der Waals surface area (Å²) in [6.45, 7) is 0.0796. The van der Waals surface area contributed by atoms with Crippen molar-refractivity contribution in [2.24, 2.45) is 17.3 Å². The van der Waals surface area contributed by atoms with Crippen LogP contribution in [-0.2, 0) is 16.1 Å². The third-order valence-corrected chi connectivity index (χ3v) is 7.60. The van der Waals surface area contributed by atoms with Gasteiger partial charge in [0, 0.05) is 9.71 Å². The van der Waals surface area contributed by atoms with E-state index >= 15 is 0 Å². The molecule has 2 aromatic rings. The van der Waals surface area contributed by atoms with E-state index in [1.807, 2.05) is 24.3 Å². The standard InChI is InChI=1S/C21H24BrN3O2/c22-21-8-13-5-14(9-21)7-20(6-13,12-21)10-18(26)27-11-17-24-16-4-2-1-3-15(16)19(23)25-17/h1-4,13-14H,5-12H2,(H2,23,24,25). The fourth-order valence-corrected chi connectivity index (χ4v) is 7.77. The summed E-state index contributed by atoms with van der Waals surface area (Å²) in [6.07, 6.45) is 7.83. The number of hydrogen-bond donors (Lipinski definition) is 1. The zero-order valence-corrected chi connectivity index (χ0v) is 16.9. The van der Waals surface area contributed by atoms with E-state index in [0.29, 0.717) is 18.1 Å². The monoisotopic (exact) mass is 429 g/mol. The van der Waals surface area contributed by atoms with E-state index in [0.717, 1.165) is 29.2 Å². The minimum atomic E-state index is -0.136. The maximum atomic E-state index is 12.6. The Morgan fingerprint density at radius 1 is 1.19 bits per heavy atom. The summed E-state index contributed by atoms with van der Waals surface area (Å²) >= 11 is 4.00. The number of carbonyl (C=O) groups is 1. The van der Waals surface area contributed by atoms with Gasteiger partial charge in [0.1, 0.15) is 5.82 Å². The van der Waals surface area contributed by atoms with Crippen LogP contribution in [0, 0.1) is 17.3 Å². The van der Waals surface area contributed by atoms with Gasteiger partial charge in [0.2, 0.25) is 0 Å². The molecular formula is C21H24BrN3O2. The first-order valence-corrected chi connectivity index (χ1v) is 10.6. The van der Waals surface area contributed by atoms with Crippen molar-refractivity contribution >= 4 is 38.6 Å². The van der Waals surface area contributed by atoms with Crippen LogP contribution in [0.4, 0.5) is 5.82 Å². The number of aromatic nitrogens is 2. The normalized spacial score (nSPS) is 34.1. The maximum absolute atomic E-state index is 12.6. The van der Waals surface area contributed by atoms with E-state index in [2.05, 4.69) is 25.9 Å². The number of anilines is 1. The Balaban J connectivity index is 1.27. The SMILES string of the molecule is Nc1nc(COC(=O)CC23CC4CC(CC(Br)(C4)C2)C3)nc2ccccc12. The number of hydrogen-bond acceptors (Lipinski definition) is 5. The van der Waals surface area contributed by atoms with E-state index in [1.165, 1.54) is 32.1 Å². The van der Waals surface area contributed by atoms with Crippen LogP contribution in [0.1, 0.15) is 50.8 Å². The van der Waals surface area contributed by atoms with E-state index in [-0.39, 0.29) is 22.3 Å². The Hall–Kier alpha value is -1.69. The molecule has 1 heterocycles. The number of halogens is 1. The van der Waals surface area contributed by atoms with Gasteiger partial charge in [-0.05, 0) is 67.9 Å². The lowest BCUT2D eigenvalue weighted by Crippen LogP contribution is -2.53. The number of alkyl halides is 1. The van der Waals surface area contributed by atoms with E-state index < -0.39 is 0 Å². The molecule has 2 atom stereocenters. The number of para-hydroxylation sites is 1. The number of esters is 1. The van der Waals surface area contributed by atoms with Crippen molar-refractivity contribution in [3.63, 3.8) is 0 Å². The molecule has 6 heteroatoms. The van der Waals surface area contributed by atoms with Gasteiger partial charge in [-0.1, -0.05) is 28.1 Å². The number of carbonyl (C=O) groups excluding carboxylic acids is 1. The zero-order valence-electron chi connectivity index (χ0n) is 15.3. The number of nitrogen functional groups attached to an aromatic ring is 1. The van der Waals surface area contributed by atoms with Crippen LogP contribution in [0.3, 0.4) is 0 Å². The highest BCUT2D eigenvalue weighted by Gasteiger charge is 2.57. The summed E-state index contributed by atoms with van der Waals surface area (Å²) < 4.78 is 5.83. The summed E-state index contributed by atoms with van der Waals surface area (Å²) in [7, 11) is 0. The Morgan fingerprint density at radius 2 is 1.93 bits per heavy atom. The molecule has 4 saturated carbocycles. The van der Waals surface area contributed by atoms with E-state index in [1.54, 1.807) is 0 Å². The Kier molecular flexibility index (Phi) is 3.97. The summed E-state index contributed by atoms with van der Waals surface area (Å²) in [5.74, 6) is 2.28. The van der Waals surface area contributed by atoms with Crippen molar-refractivity contribution in [1.29, 1.82) is 0 Å². The molecule has 2 unspecified atom stereocenters. The minimum absolute atomic E-state index is 0.0796. The number of ether oxygens (including phenoxy) is 1. The van der Waals surface area contributed by atoms with Crippen LogP contribution in [0.15, 0.2) is 24.3 Å². The fourth-order valence-electron chi connectivity index (χ4n) is 6.26. The molecule has 4 bridgehead atoms. The Bertz CT molecular complexity index is 901. The van der Waals surface area contributed by atoms with Crippen LogP contribution >= 0.6 is 15.9 Å². The molecule has 142 valence electrons. The van der Waals surface area contributed by atoms with Crippen LogP contribution in [-0.4, -0.2) is 20.3 Å². The average Bonchev–Trinajstić information content (AvgIpc) is 2.57. The Labute approximate surface area is 167 Å². The summed E-state index contributed by atoms with van der Waals surface area (Å²) in [5.41, 5.74) is 6.91. The molecule has 4 aliphatic rings. The molecule has 2 N–H and O–H groups in total. The van der Waals surface area contributed by atoms with Crippen LogP contribution in [0.25, 0.3) is 10.9 Å². The van der Waals surface area contributed by atoms with E-state index in [9.17, 15) is 4.79 Å². The fraction of sp³-hybridized carbons (Fsp3) is 0.571. The van der Waals surface area contributed by atoms with Gasteiger partial charge in [-0.2, -0.15) is 0 Å². The molecule has 4 fully saturated rings. The molecule has 0 saturated heterocycles. The number of rotatable bonds is 4. The second kappa shape index (κ2) is 6.16. The highest BCUT2D eigenvalue weighted by atomic mass is 79.9. The van der Waals surface area contributed by atoms with E-state index in [4.69, 9.17) is 10.5 Å². The van der Waals surface area contributed by atoms with Gasteiger partial charge in [0.15, 0.2) is 12.4 Å². The van der Waals surface area contributed by atoms with Gasteiger partial charge in [0.25, 0.3) is 0 Å². The highest BCUT2D eigenvalue weighted by Crippen LogP contribution is 2.65. The summed E-state index contributed by atoms with van der Waals surface area (Å²) in [4.78, 5) is 21.4. The second-order valence-electron chi connectivity index (χ2n) is 8.99. The topological polar surface area (TPSA) is 78.1 Å². The second-order valence-corrected chi connectivity index (χ2v) is 10.7. The molecule has 1 aromatic carbocycles. The van der Waals surface area contributed by atoms with Gasteiger partial charge in [-0.3, -0.25) is 4.79 Å². The first-order chi connectivity index (χ1) is 12.9. The number of nitrogens with two attached hydrogens (primary N) is 1. The molecule has 4 aliphatic carbocycles. The molecule has 27 heavy (non-hydrogen) atoms. The summed E-state index contributed by atoms with van der Waals surface area (Å²) in [5, 5.41) is 0.823. The first kappa shape index (κ1) is 17.4. The molecule has 0 spiro atoms. The summed E-state index contributed by atoms with van der Waals surface area (Å²) in [6, 6.07) is 7.60. The lowest BCUT2D eigenvalue weighted by molar-refractivity contribution is -0.152. The molecule has 6 rings (SSSR count). The number of nitrogens with zero attached hydrogens (tertiary/aromatic N) is 2. The predicted molar refractivity (Wildman–Crippen MR) is 107 cm³/mol. The van der Waals surface area contributed by atoms with Crippen LogP contribution in [0.5, 0.6) is 0 Å². The molecule has 1 aromatic heterocycles. The zero-order chi connectivity index (χ0) is 18.6. The average molecular weight is 430 g/mol. The van der Waals surface area contributed by atoms with Crippen molar-refractivity contribution in [1.82, 2.24) is 9.97 Å². The van der Waals surface area contributed by atoms with Gasteiger partial charge in [-0.25, -0.2) is 9.97 Å². The third kappa shape index (κ3) is 3.22. The predicted octanol–water partition coefficient (Wildman–Crippen LogP) is 4.38. The van der Waals surface area contributed by atoms with Gasteiger partial charge < -0.3 is 10.5 Å². The Morgan fingerprint density at radius 3 is 2.67 bits per heavy atom. The van der Waals surface area contributed by atoms with Crippen molar-refractivity contribution in [3.8, 4) is 0 Å². The smallest absolute Gasteiger partial charge is 0.306 e. The van der Waals surface area contributed by atoms with Gasteiger partial charge in [0.05, 0.1) is 11.9 Å². The van der Waals surface area contributed by atoms with Crippen molar-refractivity contribution in [3.05, 3.63) is 30.1 Å². The quantitative estimate of drug-likeness (QED) is 0.576. The first-order valence-electron chi connectivity index (χ1n) is 9.78. The van der Waals surface area contributed by atoms with Crippen LogP contribution in [0.2, 0.25) is 0 Å².